The highest BCUT2D eigenvalue weighted by atomic mass is 16.5. The van der Waals surface area contributed by atoms with Gasteiger partial charge in [-0.2, -0.15) is 0 Å². The highest BCUT2D eigenvalue weighted by molar-refractivity contribution is 5.77. The second-order valence-corrected chi connectivity index (χ2v) is 5.19. The molecule has 1 rings (SSSR count). The highest BCUT2D eigenvalue weighted by Crippen LogP contribution is 2.29. The molecule has 3 unspecified atom stereocenters. The van der Waals surface area contributed by atoms with Gasteiger partial charge < -0.3 is 15.4 Å². The molecule has 17 heavy (non-hydrogen) atoms. The minimum Gasteiger partial charge on any atom is -0.383 e. The lowest BCUT2D eigenvalue weighted by Gasteiger charge is -2.32. The van der Waals surface area contributed by atoms with Gasteiger partial charge in [0.2, 0.25) is 5.91 Å². The summed E-state index contributed by atoms with van der Waals surface area (Å²) in [7, 11) is 1.63. The zero-order valence-corrected chi connectivity index (χ0v) is 11.3. The predicted octanol–water partition coefficient (Wildman–Crippen LogP) is 1.16. The lowest BCUT2D eigenvalue weighted by Crippen LogP contribution is -2.42. The third kappa shape index (κ3) is 5.50. The first-order chi connectivity index (χ1) is 8.13. The molecule has 4 heteroatoms. The van der Waals surface area contributed by atoms with E-state index in [2.05, 4.69) is 24.5 Å². The Bertz CT molecular complexity index is 233. The second-order valence-electron chi connectivity index (χ2n) is 5.19. The number of hydrogen-bond acceptors (Lipinski definition) is 3. The molecular weight excluding hydrogens is 216 g/mol. The molecule has 0 saturated heterocycles. The summed E-state index contributed by atoms with van der Waals surface area (Å²) in [6.07, 6.45) is 3.65. The zero-order chi connectivity index (χ0) is 12.7. The van der Waals surface area contributed by atoms with Gasteiger partial charge in [-0.1, -0.05) is 13.8 Å². The molecule has 0 aromatic carbocycles. The Balaban J connectivity index is 2.11. The molecule has 0 radical (unpaired) electrons. The number of carbonyl (C=O) groups excluding carboxylic acids is 1. The van der Waals surface area contributed by atoms with Gasteiger partial charge in [0.05, 0.1) is 13.2 Å². The molecule has 0 aromatic rings. The standard InChI is InChI=1S/C13H26N2O2/c1-10-4-5-12(8-11(10)2)15-9-13(16)14-6-7-17-3/h10-12,15H,4-9H2,1-3H3,(H,14,16). The molecule has 3 atom stereocenters. The van der Waals surface area contributed by atoms with E-state index in [-0.39, 0.29) is 5.91 Å². The van der Waals surface area contributed by atoms with E-state index >= 15 is 0 Å². The average Bonchev–Trinajstić information content (AvgIpc) is 2.31. The first kappa shape index (κ1) is 14.5. The lowest BCUT2D eigenvalue weighted by atomic mass is 9.79. The summed E-state index contributed by atoms with van der Waals surface area (Å²) in [6.45, 7) is 6.21. The van der Waals surface area contributed by atoms with Crippen molar-refractivity contribution in [1.29, 1.82) is 0 Å². The normalized spacial score (nSPS) is 29.0. The van der Waals surface area contributed by atoms with Crippen LogP contribution in [0.15, 0.2) is 0 Å². The van der Waals surface area contributed by atoms with E-state index in [0.717, 1.165) is 11.8 Å². The maximum atomic E-state index is 11.5. The number of hydrogen-bond donors (Lipinski definition) is 2. The second kappa shape index (κ2) is 7.67. The van der Waals surface area contributed by atoms with E-state index in [1.54, 1.807) is 7.11 Å². The van der Waals surface area contributed by atoms with Crippen molar-refractivity contribution in [1.82, 2.24) is 10.6 Å². The Morgan fingerprint density at radius 3 is 2.71 bits per heavy atom. The average molecular weight is 242 g/mol. The van der Waals surface area contributed by atoms with Crippen LogP contribution in [0.25, 0.3) is 0 Å². The van der Waals surface area contributed by atoms with Crippen molar-refractivity contribution in [2.45, 2.75) is 39.2 Å². The Morgan fingerprint density at radius 2 is 2.06 bits per heavy atom. The Labute approximate surface area is 104 Å². The minimum absolute atomic E-state index is 0.0633. The molecule has 1 aliphatic carbocycles. The summed E-state index contributed by atoms with van der Waals surface area (Å²) < 4.78 is 4.88. The van der Waals surface area contributed by atoms with Crippen LogP contribution in [0.2, 0.25) is 0 Å². The molecular formula is C13H26N2O2. The van der Waals surface area contributed by atoms with E-state index in [1.807, 2.05) is 0 Å². The first-order valence-corrected chi connectivity index (χ1v) is 6.62. The maximum absolute atomic E-state index is 11.5. The van der Waals surface area contributed by atoms with Crippen molar-refractivity contribution in [2.75, 3.05) is 26.8 Å². The van der Waals surface area contributed by atoms with Gasteiger partial charge in [0.25, 0.3) is 0 Å². The van der Waals surface area contributed by atoms with Crippen molar-refractivity contribution in [3.8, 4) is 0 Å². The van der Waals surface area contributed by atoms with Crippen molar-refractivity contribution in [3.05, 3.63) is 0 Å². The van der Waals surface area contributed by atoms with Crippen LogP contribution in [-0.4, -0.2) is 38.8 Å². The molecule has 100 valence electrons. The summed E-state index contributed by atoms with van der Waals surface area (Å²) in [5, 5.41) is 6.16. The summed E-state index contributed by atoms with van der Waals surface area (Å²) in [5.74, 6) is 1.65. The molecule has 0 bridgehead atoms. The third-order valence-electron chi connectivity index (χ3n) is 3.78. The molecule has 1 fully saturated rings. The van der Waals surface area contributed by atoms with Crippen molar-refractivity contribution >= 4 is 5.91 Å². The van der Waals surface area contributed by atoms with Crippen LogP contribution in [-0.2, 0) is 9.53 Å². The maximum Gasteiger partial charge on any atom is 0.234 e. The van der Waals surface area contributed by atoms with Gasteiger partial charge >= 0.3 is 0 Å². The van der Waals surface area contributed by atoms with E-state index in [4.69, 9.17) is 4.74 Å². The number of rotatable bonds is 6. The predicted molar refractivity (Wildman–Crippen MR) is 68.9 cm³/mol. The molecule has 0 spiro atoms. The smallest absolute Gasteiger partial charge is 0.234 e. The van der Waals surface area contributed by atoms with Gasteiger partial charge in [0, 0.05) is 19.7 Å². The Kier molecular flexibility index (Phi) is 6.52. The molecule has 1 amide bonds. The van der Waals surface area contributed by atoms with Crippen LogP contribution >= 0.6 is 0 Å². The fraction of sp³-hybridized carbons (Fsp3) is 0.923. The van der Waals surface area contributed by atoms with Gasteiger partial charge in [0.1, 0.15) is 0 Å². The monoisotopic (exact) mass is 242 g/mol. The summed E-state index contributed by atoms with van der Waals surface area (Å²) in [5.41, 5.74) is 0. The summed E-state index contributed by atoms with van der Waals surface area (Å²) >= 11 is 0. The van der Waals surface area contributed by atoms with Crippen molar-refractivity contribution < 1.29 is 9.53 Å². The number of amides is 1. The number of nitrogens with one attached hydrogen (secondary N) is 2. The molecule has 0 aliphatic heterocycles. The van der Waals surface area contributed by atoms with Gasteiger partial charge in [-0.25, -0.2) is 0 Å². The zero-order valence-electron chi connectivity index (χ0n) is 11.3. The molecule has 1 saturated carbocycles. The third-order valence-corrected chi connectivity index (χ3v) is 3.78. The Hall–Kier alpha value is -0.610. The van der Waals surface area contributed by atoms with Gasteiger partial charge in [-0.3, -0.25) is 4.79 Å². The minimum atomic E-state index is 0.0633. The van der Waals surface area contributed by atoms with E-state index in [9.17, 15) is 4.79 Å². The van der Waals surface area contributed by atoms with Crippen molar-refractivity contribution in [3.63, 3.8) is 0 Å². The van der Waals surface area contributed by atoms with Gasteiger partial charge in [0.15, 0.2) is 0 Å². The summed E-state index contributed by atoms with van der Waals surface area (Å²) in [6, 6.07) is 0.509. The number of ether oxygens (including phenoxy) is 1. The molecule has 0 aromatic heterocycles. The van der Waals surface area contributed by atoms with Crippen LogP contribution in [0, 0.1) is 11.8 Å². The SMILES string of the molecule is COCCNC(=O)CNC1CCC(C)C(C)C1. The van der Waals surface area contributed by atoms with Gasteiger partial charge in [-0.05, 0) is 31.1 Å². The van der Waals surface area contributed by atoms with Crippen molar-refractivity contribution in [2.24, 2.45) is 11.8 Å². The van der Waals surface area contributed by atoms with E-state index in [1.165, 1.54) is 19.3 Å². The van der Waals surface area contributed by atoms with E-state index < -0.39 is 0 Å². The van der Waals surface area contributed by atoms with Crippen LogP contribution < -0.4 is 10.6 Å². The molecule has 1 aliphatic rings. The largest absolute Gasteiger partial charge is 0.383 e. The molecule has 4 nitrogen and oxygen atoms in total. The number of methoxy groups -OCH3 is 1. The van der Waals surface area contributed by atoms with Crippen LogP contribution in [0.1, 0.15) is 33.1 Å². The Morgan fingerprint density at radius 1 is 1.29 bits per heavy atom. The summed E-state index contributed by atoms with van der Waals surface area (Å²) in [4.78, 5) is 11.5. The van der Waals surface area contributed by atoms with Crippen LogP contribution in [0.4, 0.5) is 0 Å². The lowest BCUT2D eigenvalue weighted by molar-refractivity contribution is -0.120. The fourth-order valence-corrected chi connectivity index (χ4v) is 2.32. The molecule has 0 heterocycles. The first-order valence-electron chi connectivity index (χ1n) is 6.62. The number of carbonyl (C=O) groups is 1. The van der Waals surface area contributed by atoms with Crippen LogP contribution in [0.3, 0.4) is 0 Å². The van der Waals surface area contributed by atoms with Gasteiger partial charge in [-0.15, -0.1) is 0 Å². The van der Waals surface area contributed by atoms with Crippen LogP contribution in [0.5, 0.6) is 0 Å². The van der Waals surface area contributed by atoms with E-state index in [0.29, 0.717) is 25.7 Å². The topological polar surface area (TPSA) is 50.4 Å². The molecule has 2 N–H and O–H groups in total. The fourth-order valence-electron chi connectivity index (χ4n) is 2.32. The highest BCUT2D eigenvalue weighted by Gasteiger charge is 2.24. The quantitative estimate of drug-likeness (QED) is 0.687.